The van der Waals surface area contributed by atoms with Crippen LogP contribution in [0.15, 0.2) is 35.8 Å². The van der Waals surface area contributed by atoms with E-state index in [4.69, 9.17) is 0 Å². The van der Waals surface area contributed by atoms with Crippen molar-refractivity contribution in [2.45, 2.75) is 50.9 Å². The molecule has 0 bridgehead atoms. The summed E-state index contributed by atoms with van der Waals surface area (Å²) in [5.41, 5.74) is 1.33. The standard InChI is InChI=1S/C21H25N3O2S/c1-14(25)23-17-9-7-16(8-10-17)21(19(26)24-20-22-11-12-27-20)13-18(21)15-5-3-2-4-6-15/h7-12,15,18H,2-6,13H2,1H3,(H,23,25)(H,22,24,26)/t18-,21-/m0/s1. The van der Waals surface area contributed by atoms with E-state index < -0.39 is 5.41 Å². The Morgan fingerprint density at radius 1 is 1.11 bits per heavy atom. The molecule has 1 heterocycles. The molecule has 6 heteroatoms. The van der Waals surface area contributed by atoms with Crippen molar-refractivity contribution in [3.05, 3.63) is 41.4 Å². The number of hydrogen-bond acceptors (Lipinski definition) is 4. The minimum atomic E-state index is -0.470. The zero-order valence-electron chi connectivity index (χ0n) is 15.5. The van der Waals surface area contributed by atoms with Crippen molar-refractivity contribution in [1.29, 1.82) is 0 Å². The van der Waals surface area contributed by atoms with Gasteiger partial charge in [-0.2, -0.15) is 0 Å². The highest BCUT2D eigenvalue weighted by molar-refractivity contribution is 7.13. The van der Waals surface area contributed by atoms with Gasteiger partial charge in [-0.1, -0.05) is 44.2 Å². The Morgan fingerprint density at radius 3 is 2.48 bits per heavy atom. The van der Waals surface area contributed by atoms with Crippen LogP contribution < -0.4 is 10.6 Å². The average Bonchev–Trinajstić information content (AvgIpc) is 3.23. The Morgan fingerprint density at radius 2 is 1.85 bits per heavy atom. The molecule has 1 aromatic heterocycles. The first-order valence-corrected chi connectivity index (χ1v) is 10.6. The lowest BCUT2D eigenvalue weighted by Crippen LogP contribution is -2.32. The van der Waals surface area contributed by atoms with Crippen LogP contribution in [-0.2, 0) is 15.0 Å². The van der Waals surface area contributed by atoms with Gasteiger partial charge < -0.3 is 10.6 Å². The number of carbonyl (C=O) groups excluding carboxylic acids is 2. The predicted molar refractivity (Wildman–Crippen MR) is 108 cm³/mol. The Labute approximate surface area is 163 Å². The fourth-order valence-corrected chi connectivity index (χ4v) is 5.19. The quantitative estimate of drug-likeness (QED) is 0.794. The molecule has 2 N–H and O–H groups in total. The number of rotatable bonds is 5. The number of benzene rings is 1. The summed E-state index contributed by atoms with van der Waals surface area (Å²) >= 11 is 1.45. The first kappa shape index (κ1) is 18.2. The van der Waals surface area contributed by atoms with E-state index in [1.807, 2.05) is 29.6 Å². The SMILES string of the molecule is CC(=O)Nc1ccc([C@@]2(C(=O)Nc3nccs3)C[C@H]2C2CCCCC2)cc1. The average molecular weight is 384 g/mol. The molecular weight excluding hydrogens is 358 g/mol. The minimum absolute atomic E-state index is 0.0558. The predicted octanol–water partition coefficient (Wildman–Crippen LogP) is 4.58. The summed E-state index contributed by atoms with van der Waals surface area (Å²) < 4.78 is 0. The lowest BCUT2D eigenvalue weighted by atomic mass is 9.80. The minimum Gasteiger partial charge on any atom is -0.326 e. The van der Waals surface area contributed by atoms with Gasteiger partial charge in [-0.05, 0) is 36.0 Å². The fraction of sp³-hybridized carbons (Fsp3) is 0.476. The summed E-state index contributed by atoms with van der Waals surface area (Å²) in [6.07, 6.45) is 8.91. The molecule has 0 unspecified atom stereocenters. The number of hydrogen-bond donors (Lipinski definition) is 2. The third kappa shape index (κ3) is 3.63. The van der Waals surface area contributed by atoms with E-state index in [9.17, 15) is 9.59 Å². The molecule has 2 atom stereocenters. The molecule has 0 aliphatic heterocycles. The number of carbonyl (C=O) groups is 2. The molecule has 2 saturated carbocycles. The van der Waals surface area contributed by atoms with Gasteiger partial charge in [0.15, 0.2) is 5.13 Å². The maximum absolute atomic E-state index is 13.3. The second kappa shape index (κ2) is 7.43. The van der Waals surface area contributed by atoms with Gasteiger partial charge in [-0.15, -0.1) is 11.3 Å². The molecule has 2 aromatic rings. The Balaban J connectivity index is 1.60. The highest BCUT2D eigenvalue weighted by atomic mass is 32.1. The van der Waals surface area contributed by atoms with Gasteiger partial charge in [0.05, 0.1) is 5.41 Å². The van der Waals surface area contributed by atoms with E-state index in [-0.39, 0.29) is 11.8 Å². The zero-order chi connectivity index (χ0) is 18.9. The molecule has 4 rings (SSSR count). The first-order valence-electron chi connectivity index (χ1n) is 9.68. The lowest BCUT2D eigenvalue weighted by molar-refractivity contribution is -0.119. The highest BCUT2D eigenvalue weighted by Gasteiger charge is 2.63. The van der Waals surface area contributed by atoms with Gasteiger partial charge >= 0.3 is 0 Å². The fourth-order valence-electron chi connectivity index (χ4n) is 4.67. The van der Waals surface area contributed by atoms with E-state index in [0.29, 0.717) is 17.0 Å². The van der Waals surface area contributed by atoms with E-state index in [2.05, 4.69) is 15.6 Å². The van der Waals surface area contributed by atoms with Gasteiger partial charge in [-0.25, -0.2) is 4.98 Å². The molecule has 5 nitrogen and oxygen atoms in total. The third-order valence-electron chi connectivity index (χ3n) is 6.01. The molecule has 0 spiro atoms. The summed E-state index contributed by atoms with van der Waals surface area (Å²) in [5, 5.41) is 8.36. The monoisotopic (exact) mass is 383 g/mol. The summed E-state index contributed by atoms with van der Waals surface area (Å²) in [4.78, 5) is 28.8. The van der Waals surface area contributed by atoms with Crippen LogP contribution in [0.2, 0.25) is 0 Å². The van der Waals surface area contributed by atoms with Crippen molar-refractivity contribution in [3.8, 4) is 0 Å². The smallest absolute Gasteiger partial charge is 0.237 e. The van der Waals surface area contributed by atoms with Crippen LogP contribution in [0.1, 0.15) is 51.0 Å². The van der Waals surface area contributed by atoms with Crippen molar-refractivity contribution in [3.63, 3.8) is 0 Å². The van der Waals surface area contributed by atoms with Crippen molar-refractivity contribution < 1.29 is 9.59 Å². The molecule has 0 radical (unpaired) electrons. The van der Waals surface area contributed by atoms with E-state index >= 15 is 0 Å². The van der Waals surface area contributed by atoms with Crippen LogP contribution in [0.25, 0.3) is 0 Å². The summed E-state index contributed by atoms with van der Waals surface area (Å²) in [6.45, 7) is 1.50. The van der Waals surface area contributed by atoms with E-state index in [1.165, 1.54) is 50.4 Å². The summed E-state index contributed by atoms with van der Waals surface area (Å²) in [6, 6.07) is 7.78. The maximum Gasteiger partial charge on any atom is 0.237 e. The van der Waals surface area contributed by atoms with Gasteiger partial charge in [0.2, 0.25) is 11.8 Å². The Bertz CT molecular complexity index is 812. The molecule has 27 heavy (non-hydrogen) atoms. The van der Waals surface area contributed by atoms with Crippen molar-refractivity contribution >= 4 is 34.0 Å². The number of amides is 2. The summed E-state index contributed by atoms with van der Waals surface area (Å²) in [5.74, 6) is 0.978. The second-order valence-electron chi connectivity index (χ2n) is 7.73. The molecule has 0 saturated heterocycles. The number of nitrogens with one attached hydrogen (secondary N) is 2. The highest BCUT2D eigenvalue weighted by Crippen LogP contribution is 2.61. The van der Waals surface area contributed by atoms with Crippen LogP contribution in [0.4, 0.5) is 10.8 Å². The number of aromatic nitrogens is 1. The number of anilines is 2. The van der Waals surface area contributed by atoms with E-state index in [0.717, 1.165) is 17.7 Å². The van der Waals surface area contributed by atoms with Crippen molar-refractivity contribution in [2.75, 3.05) is 10.6 Å². The van der Waals surface area contributed by atoms with Gasteiger partial charge in [0, 0.05) is 24.2 Å². The Hall–Kier alpha value is -2.21. The number of nitrogens with zero attached hydrogens (tertiary/aromatic N) is 1. The van der Waals surface area contributed by atoms with Gasteiger partial charge in [0.25, 0.3) is 0 Å². The zero-order valence-corrected chi connectivity index (χ0v) is 16.3. The molecule has 2 amide bonds. The van der Waals surface area contributed by atoms with Crippen molar-refractivity contribution in [1.82, 2.24) is 4.98 Å². The summed E-state index contributed by atoms with van der Waals surface area (Å²) in [7, 11) is 0. The third-order valence-corrected chi connectivity index (χ3v) is 6.70. The topological polar surface area (TPSA) is 71.1 Å². The van der Waals surface area contributed by atoms with Crippen LogP contribution in [0.5, 0.6) is 0 Å². The van der Waals surface area contributed by atoms with Crippen LogP contribution in [-0.4, -0.2) is 16.8 Å². The van der Waals surface area contributed by atoms with Crippen molar-refractivity contribution in [2.24, 2.45) is 11.8 Å². The molecule has 142 valence electrons. The molecule has 2 aliphatic rings. The molecular formula is C21H25N3O2S. The van der Waals surface area contributed by atoms with E-state index in [1.54, 1.807) is 6.20 Å². The Kier molecular flexibility index (Phi) is 5.00. The first-order chi connectivity index (χ1) is 13.1. The molecule has 2 aliphatic carbocycles. The van der Waals surface area contributed by atoms with Gasteiger partial charge in [-0.3, -0.25) is 9.59 Å². The largest absolute Gasteiger partial charge is 0.326 e. The second-order valence-corrected chi connectivity index (χ2v) is 8.62. The number of thiazole rings is 1. The molecule has 2 fully saturated rings. The van der Waals surface area contributed by atoms with Gasteiger partial charge in [0.1, 0.15) is 0 Å². The normalized spacial score (nSPS) is 25.0. The van der Waals surface area contributed by atoms with Crippen LogP contribution in [0.3, 0.4) is 0 Å². The van der Waals surface area contributed by atoms with Crippen LogP contribution >= 0.6 is 11.3 Å². The molecule has 1 aromatic carbocycles. The lowest BCUT2D eigenvalue weighted by Gasteiger charge is -2.25. The van der Waals surface area contributed by atoms with Crippen LogP contribution in [0, 0.1) is 11.8 Å². The maximum atomic E-state index is 13.3.